The zero-order chi connectivity index (χ0) is 20.7. The number of esters is 1. The van der Waals surface area contributed by atoms with Crippen LogP contribution in [0.4, 0.5) is 0 Å². The third kappa shape index (κ3) is 5.11. The van der Waals surface area contributed by atoms with E-state index in [-0.39, 0.29) is 16.4 Å². The Balaban J connectivity index is 2.48. The first kappa shape index (κ1) is 21.5. The number of benzene rings is 2. The molecule has 0 aliphatic heterocycles. The molecule has 150 valence electrons. The normalized spacial score (nSPS) is 12.6. The fourth-order valence-electron chi connectivity index (χ4n) is 2.58. The van der Waals surface area contributed by atoms with Gasteiger partial charge in [-0.2, -0.15) is 0 Å². The fourth-order valence-corrected chi connectivity index (χ4v) is 4.03. The molecule has 1 N–H and O–H groups in total. The van der Waals surface area contributed by atoms with Crippen LogP contribution < -0.4 is 14.2 Å². The Bertz CT molecular complexity index is 954. The summed E-state index contributed by atoms with van der Waals surface area (Å²) in [5.41, 5.74) is 1.26. The smallest absolute Gasteiger partial charge is 0.330 e. The second kappa shape index (κ2) is 9.38. The van der Waals surface area contributed by atoms with Gasteiger partial charge in [-0.05, 0) is 36.3 Å². The minimum absolute atomic E-state index is 0.0745. The van der Waals surface area contributed by atoms with Gasteiger partial charge in [-0.3, -0.25) is 0 Å². The summed E-state index contributed by atoms with van der Waals surface area (Å²) < 4.78 is 43.8. The number of sulfonamides is 1. The van der Waals surface area contributed by atoms with Crippen LogP contribution in [0.15, 0.2) is 53.4 Å². The first-order valence-corrected chi connectivity index (χ1v) is 9.90. The van der Waals surface area contributed by atoms with E-state index in [9.17, 15) is 13.2 Å². The van der Waals surface area contributed by atoms with E-state index in [1.807, 2.05) is 30.3 Å². The maximum Gasteiger partial charge on any atom is 0.330 e. The van der Waals surface area contributed by atoms with E-state index in [2.05, 4.69) is 9.46 Å². The van der Waals surface area contributed by atoms with E-state index >= 15 is 0 Å². The number of carbonyl (C=O) groups is 1. The van der Waals surface area contributed by atoms with Gasteiger partial charge in [0.25, 0.3) is 0 Å². The second-order valence-corrected chi connectivity index (χ2v) is 7.55. The van der Waals surface area contributed by atoms with Crippen LogP contribution in [0.3, 0.4) is 0 Å². The SMILES string of the molecule is COC(=O)/C=C\c1cc(OC)c(OC)c(S(=O)(=O)N[C@H](C)c2ccccc2)c1. The molecule has 0 heterocycles. The van der Waals surface area contributed by atoms with Gasteiger partial charge in [-0.1, -0.05) is 30.3 Å². The fraction of sp³-hybridized carbons (Fsp3) is 0.250. The van der Waals surface area contributed by atoms with Gasteiger partial charge in [0.05, 0.1) is 21.3 Å². The van der Waals surface area contributed by atoms with Crippen molar-refractivity contribution in [1.29, 1.82) is 0 Å². The zero-order valence-electron chi connectivity index (χ0n) is 16.1. The Morgan fingerprint density at radius 2 is 1.75 bits per heavy atom. The molecule has 2 aromatic carbocycles. The molecular weight excluding hydrogens is 382 g/mol. The molecule has 8 heteroatoms. The second-order valence-electron chi connectivity index (χ2n) is 5.86. The molecule has 2 rings (SSSR count). The van der Waals surface area contributed by atoms with Crippen LogP contribution in [0.25, 0.3) is 6.08 Å². The standard InChI is InChI=1S/C20H23NO6S/c1-14(16-8-6-5-7-9-16)21-28(23,24)18-13-15(10-11-19(22)26-3)12-17(25-2)20(18)27-4/h5-14,21H,1-4H3/b11-10-/t14-/m1/s1. The highest BCUT2D eigenvalue weighted by Gasteiger charge is 2.25. The third-order valence-electron chi connectivity index (χ3n) is 4.00. The molecule has 0 saturated heterocycles. The Kier molecular flexibility index (Phi) is 7.19. The first-order valence-electron chi connectivity index (χ1n) is 8.41. The molecule has 0 amide bonds. The predicted octanol–water partition coefficient (Wildman–Crippen LogP) is 2.93. The van der Waals surface area contributed by atoms with E-state index < -0.39 is 22.0 Å². The molecule has 0 spiro atoms. The number of hydrogen-bond donors (Lipinski definition) is 1. The van der Waals surface area contributed by atoms with Crippen LogP contribution in [-0.4, -0.2) is 35.7 Å². The quantitative estimate of drug-likeness (QED) is 0.536. The molecule has 0 aliphatic carbocycles. The molecule has 7 nitrogen and oxygen atoms in total. The molecule has 0 radical (unpaired) electrons. The topological polar surface area (TPSA) is 90.9 Å². The maximum absolute atomic E-state index is 13.0. The largest absolute Gasteiger partial charge is 0.493 e. The van der Waals surface area contributed by atoms with Crippen molar-refractivity contribution in [1.82, 2.24) is 4.72 Å². The summed E-state index contributed by atoms with van der Waals surface area (Å²) >= 11 is 0. The summed E-state index contributed by atoms with van der Waals surface area (Å²) in [7, 11) is 0.0687. The summed E-state index contributed by atoms with van der Waals surface area (Å²) in [5, 5.41) is 0. The highest BCUT2D eigenvalue weighted by atomic mass is 32.2. The number of methoxy groups -OCH3 is 3. The molecule has 0 aliphatic rings. The molecule has 2 aromatic rings. The number of carbonyl (C=O) groups excluding carboxylic acids is 1. The van der Waals surface area contributed by atoms with Crippen molar-refractivity contribution in [2.45, 2.75) is 17.9 Å². The summed E-state index contributed by atoms with van der Waals surface area (Å²) in [5.74, 6) is -0.261. The Hall–Kier alpha value is -2.84. The summed E-state index contributed by atoms with van der Waals surface area (Å²) in [6.45, 7) is 1.75. The predicted molar refractivity (Wildman–Crippen MR) is 106 cm³/mol. The van der Waals surface area contributed by atoms with Crippen molar-refractivity contribution >= 4 is 22.1 Å². The van der Waals surface area contributed by atoms with E-state index in [0.717, 1.165) is 5.56 Å². The number of nitrogens with one attached hydrogen (secondary N) is 1. The van der Waals surface area contributed by atoms with Gasteiger partial charge in [0.2, 0.25) is 10.0 Å². The van der Waals surface area contributed by atoms with Crippen molar-refractivity contribution in [2.75, 3.05) is 21.3 Å². The minimum Gasteiger partial charge on any atom is -0.493 e. The third-order valence-corrected chi connectivity index (χ3v) is 5.55. The molecular formula is C20H23NO6S. The molecule has 0 fully saturated rings. The van der Waals surface area contributed by atoms with Crippen LogP contribution in [0, 0.1) is 0 Å². The Morgan fingerprint density at radius 1 is 1.07 bits per heavy atom. The summed E-state index contributed by atoms with van der Waals surface area (Å²) in [4.78, 5) is 11.3. The summed E-state index contributed by atoms with van der Waals surface area (Å²) in [6.07, 6.45) is 2.63. The van der Waals surface area contributed by atoms with Gasteiger partial charge in [-0.15, -0.1) is 0 Å². The molecule has 0 unspecified atom stereocenters. The van der Waals surface area contributed by atoms with Crippen molar-refractivity contribution in [3.63, 3.8) is 0 Å². The lowest BCUT2D eigenvalue weighted by molar-refractivity contribution is -0.134. The number of ether oxygens (including phenoxy) is 3. The van der Waals surface area contributed by atoms with Crippen molar-refractivity contribution < 1.29 is 27.4 Å². The van der Waals surface area contributed by atoms with Crippen LogP contribution in [0.1, 0.15) is 24.1 Å². The van der Waals surface area contributed by atoms with Gasteiger partial charge in [-0.25, -0.2) is 17.9 Å². The number of hydrogen-bond acceptors (Lipinski definition) is 6. The van der Waals surface area contributed by atoms with Crippen molar-refractivity contribution in [3.05, 3.63) is 59.7 Å². The van der Waals surface area contributed by atoms with Gasteiger partial charge < -0.3 is 14.2 Å². The monoisotopic (exact) mass is 405 g/mol. The lowest BCUT2D eigenvalue weighted by Gasteiger charge is -2.18. The van der Waals surface area contributed by atoms with E-state index in [1.165, 1.54) is 39.5 Å². The lowest BCUT2D eigenvalue weighted by atomic mass is 10.1. The average molecular weight is 405 g/mol. The van der Waals surface area contributed by atoms with Crippen LogP contribution in [0.2, 0.25) is 0 Å². The van der Waals surface area contributed by atoms with Crippen molar-refractivity contribution in [3.8, 4) is 11.5 Å². The average Bonchev–Trinajstić information content (AvgIpc) is 2.71. The maximum atomic E-state index is 13.0. The first-order chi connectivity index (χ1) is 13.3. The van der Waals surface area contributed by atoms with Gasteiger partial charge >= 0.3 is 5.97 Å². The van der Waals surface area contributed by atoms with Crippen LogP contribution >= 0.6 is 0 Å². The molecule has 0 aromatic heterocycles. The van der Waals surface area contributed by atoms with Gasteiger partial charge in [0.1, 0.15) is 4.90 Å². The highest BCUT2D eigenvalue weighted by molar-refractivity contribution is 7.89. The van der Waals surface area contributed by atoms with E-state index in [1.54, 1.807) is 13.0 Å². The van der Waals surface area contributed by atoms with Gasteiger partial charge in [0.15, 0.2) is 11.5 Å². The van der Waals surface area contributed by atoms with E-state index in [0.29, 0.717) is 5.56 Å². The highest BCUT2D eigenvalue weighted by Crippen LogP contribution is 2.36. The van der Waals surface area contributed by atoms with Crippen molar-refractivity contribution in [2.24, 2.45) is 0 Å². The van der Waals surface area contributed by atoms with Crippen LogP contribution in [-0.2, 0) is 19.6 Å². The Labute approximate surface area is 165 Å². The van der Waals surface area contributed by atoms with E-state index in [4.69, 9.17) is 9.47 Å². The molecule has 1 atom stereocenters. The van der Waals surface area contributed by atoms with Crippen LogP contribution in [0.5, 0.6) is 11.5 Å². The molecule has 28 heavy (non-hydrogen) atoms. The lowest BCUT2D eigenvalue weighted by Crippen LogP contribution is -2.27. The molecule has 0 saturated carbocycles. The Morgan fingerprint density at radius 3 is 2.32 bits per heavy atom. The zero-order valence-corrected chi connectivity index (χ0v) is 16.9. The minimum atomic E-state index is -3.95. The number of rotatable bonds is 8. The van der Waals surface area contributed by atoms with Gasteiger partial charge in [0, 0.05) is 12.1 Å². The summed E-state index contributed by atoms with van der Waals surface area (Å²) in [6, 6.07) is 11.7. The molecule has 0 bridgehead atoms.